The van der Waals surface area contributed by atoms with Crippen LogP contribution in [-0.2, 0) is 0 Å². The number of hydrogen-bond acceptors (Lipinski definition) is 1. The minimum atomic E-state index is 1.13. The van der Waals surface area contributed by atoms with E-state index in [0.29, 0.717) is 0 Å². The Morgan fingerprint density at radius 2 is 2.09 bits per heavy atom. The molecule has 0 spiro atoms. The van der Waals surface area contributed by atoms with Gasteiger partial charge < -0.3 is 0 Å². The topological polar surface area (TPSA) is 12.9 Å². The molecular weight excluding hydrogens is 134 g/mol. The van der Waals surface area contributed by atoms with E-state index in [1.807, 2.05) is 18.5 Å². The highest BCUT2D eigenvalue weighted by atomic mass is 14.6. The molecule has 0 aliphatic carbocycles. The maximum atomic E-state index is 4.08. The molecule has 0 saturated heterocycles. The molecule has 0 bridgehead atoms. The smallest absolute Gasteiger partial charge is 0.0305 e. The lowest BCUT2D eigenvalue weighted by Crippen LogP contribution is -1.96. The van der Waals surface area contributed by atoms with Crippen molar-refractivity contribution >= 4 is 0 Å². The highest BCUT2D eigenvalue weighted by Gasteiger charge is 2.05. The molecular formula is C10H14N. The lowest BCUT2D eigenvalue weighted by Gasteiger charge is -2.09. The minimum absolute atomic E-state index is 1.13. The number of nitrogens with zero attached hydrogens (tertiary/aromatic N) is 1. The van der Waals surface area contributed by atoms with Gasteiger partial charge in [0.15, 0.2) is 0 Å². The largest absolute Gasteiger partial charge is 0.264 e. The molecule has 0 N–H and O–H groups in total. The second kappa shape index (κ2) is 4.12. The number of hydrogen-bond donors (Lipinski definition) is 0. The first-order chi connectivity index (χ1) is 5.38. The molecule has 1 aromatic rings. The van der Waals surface area contributed by atoms with Crippen molar-refractivity contribution in [2.75, 3.05) is 0 Å². The molecule has 0 atom stereocenters. The van der Waals surface area contributed by atoms with Crippen LogP contribution in [-0.4, -0.2) is 4.98 Å². The van der Waals surface area contributed by atoms with E-state index in [0.717, 1.165) is 12.8 Å². The maximum absolute atomic E-state index is 4.08. The number of aromatic nitrogens is 1. The third-order valence-electron chi connectivity index (χ3n) is 1.92. The van der Waals surface area contributed by atoms with E-state index in [4.69, 9.17) is 0 Å². The Bertz CT molecular complexity index is 189. The summed E-state index contributed by atoms with van der Waals surface area (Å²) in [6.45, 7) is 4.37. The normalized spacial score (nSPS) is 10.5. The predicted octanol–water partition coefficient (Wildman–Crippen LogP) is 2.82. The van der Waals surface area contributed by atoms with E-state index in [1.54, 1.807) is 0 Å². The van der Waals surface area contributed by atoms with E-state index in [1.165, 1.54) is 11.5 Å². The van der Waals surface area contributed by atoms with E-state index in [-0.39, 0.29) is 0 Å². The summed E-state index contributed by atoms with van der Waals surface area (Å²) < 4.78 is 0. The van der Waals surface area contributed by atoms with Crippen molar-refractivity contribution in [2.45, 2.75) is 26.7 Å². The van der Waals surface area contributed by atoms with Crippen LogP contribution in [0.4, 0.5) is 0 Å². The van der Waals surface area contributed by atoms with Gasteiger partial charge in [-0.05, 0) is 24.5 Å². The van der Waals surface area contributed by atoms with E-state index in [9.17, 15) is 0 Å². The zero-order valence-corrected chi connectivity index (χ0v) is 7.17. The van der Waals surface area contributed by atoms with Crippen LogP contribution >= 0.6 is 0 Å². The summed E-state index contributed by atoms with van der Waals surface area (Å²) in [5.41, 5.74) is 1.29. The molecule has 0 amide bonds. The van der Waals surface area contributed by atoms with Crippen molar-refractivity contribution in [1.29, 1.82) is 0 Å². The summed E-state index contributed by atoms with van der Waals surface area (Å²) in [6.07, 6.45) is 6.00. The Hall–Kier alpha value is -0.850. The van der Waals surface area contributed by atoms with E-state index < -0.39 is 0 Å². The summed E-state index contributed by atoms with van der Waals surface area (Å²) in [5.74, 6) is 1.48. The molecule has 1 aromatic heterocycles. The predicted molar refractivity (Wildman–Crippen MR) is 47.2 cm³/mol. The highest BCUT2D eigenvalue weighted by Crippen LogP contribution is 2.19. The Morgan fingerprint density at radius 1 is 1.36 bits per heavy atom. The summed E-state index contributed by atoms with van der Waals surface area (Å²) in [5, 5.41) is 0. The van der Waals surface area contributed by atoms with Crippen LogP contribution in [0, 0.1) is 5.92 Å². The van der Waals surface area contributed by atoms with Gasteiger partial charge in [0.25, 0.3) is 0 Å². The van der Waals surface area contributed by atoms with Gasteiger partial charge in [-0.1, -0.05) is 19.9 Å². The van der Waals surface area contributed by atoms with Crippen LogP contribution < -0.4 is 0 Å². The Kier molecular flexibility index (Phi) is 3.09. The van der Waals surface area contributed by atoms with Gasteiger partial charge in [-0.25, -0.2) is 0 Å². The van der Waals surface area contributed by atoms with Crippen molar-refractivity contribution in [3.63, 3.8) is 0 Å². The first-order valence-corrected chi connectivity index (χ1v) is 4.13. The van der Waals surface area contributed by atoms with Crippen LogP contribution in [0.25, 0.3) is 0 Å². The molecule has 0 unspecified atom stereocenters. The molecule has 1 rings (SSSR count). The SMILES string of the molecule is CC[C](CC)c1cccnc1. The first-order valence-electron chi connectivity index (χ1n) is 4.13. The lowest BCUT2D eigenvalue weighted by atomic mass is 9.96. The van der Waals surface area contributed by atoms with Crippen LogP contribution in [0.5, 0.6) is 0 Å². The van der Waals surface area contributed by atoms with E-state index in [2.05, 4.69) is 24.9 Å². The molecule has 1 heteroatoms. The molecule has 1 nitrogen and oxygen atoms in total. The lowest BCUT2D eigenvalue weighted by molar-refractivity contribution is 0.845. The summed E-state index contributed by atoms with van der Waals surface area (Å²) in [4.78, 5) is 4.08. The van der Waals surface area contributed by atoms with Crippen molar-refractivity contribution in [2.24, 2.45) is 0 Å². The molecule has 1 radical (unpaired) electrons. The van der Waals surface area contributed by atoms with Gasteiger partial charge in [0, 0.05) is 18.3 Å². The summed E-state index contributed by atoms with van der Waals surface area (Å²) >= 11 is 0. The third-order valence-corrected chi connectivity index (χ3v) is 1.92. The van der Waals surface area contributed by atoms with Crippen LogP contribution in [0.1, 0.15) is 32.3 Å². The molecule has 1 heterocycles. The molecule has 11 heavy (non-hydrogen) atoms. The quantitative estimate of drug-likeness (QED) is 0.642. The molecule has 0 aliphatic rings. The van der Waals surface area contributed by atoms with Gasteiger partial charge in [-0.2, -0.15) is 0 Å². The zero-order chi connectivity index (χ0) is 8.10. The number of pyridine rings is 1. The van der Waals surface area contributed by atoms with Gasteiger partial charge >= 0.3 is 0 Å². The van der Waals surface area contributed by atoms with Gasteiger partial charge in [0.1, 0.15) is 0 Å². The zero-order valence-electron chi connectivity index (χ0n) is 7.17. The van der Waals surface area contributed by atoms with Gasteiger partial charge in [-0.3, -0.25) is 4.98 Å². The van der Waals surface area contributed by atoms with Gasteiger partial charge in [0.2, 0.25) is 0 Å². The Balaban J connectivity index is 2.74. The highest BCUT2D eigenvalue weighted by molar-refractivity contribution is 5.26. The minimum Gasteiger partial charge on any atom is -0.264 e. The van der Waals surface area contributed by atoms with Gasteiger partial charge in [0.05, 0.1) is 0 Å². The first kappa shape index (κ1) is 8.25. The van der Waals surface area contributed by atoms with Crippen molar-refractivity contribution < 1.29 is 0 Å². The molecule has 0 fully saturated rings. The fraction of sp³-hybridized carbons (Fsp3) is 0.400. The summed E-state index contributed by atoms with van der Waals surface area (Å²) in [6, 6.07) is 4.11. The maximum Gasteiger partial charge on any atom is 0.0305 e. The summed E-state index contributed by atoms with van der Waals surface area (Å²) in [7, 11) is 0. The molecule has 0 aliphatic heterocycles. The van der Waals surface area contributed by atoms with Crippen LogP contribution in [0.2, 0.25) is 0 Å². The van der Waals surface area contributed by atoms with Crippen molar-refractivity contribution in [3.8, 4) is 0 Å². The second-order valence-corrected chi connectivity index (χ2v) is 2.55. The Labute approximate surface area is 68.5 Å². The van der Waals surface area contributed by atoms with Gasteiger partial charge in [-0.15, -0.1) is 0 Å². The van der Waals surface area contributed by atoms with Crippen LogP contribution in [0.15, 0.2) is 24.5 Å². The standard InChI is InChI=1S/C10H14N/c1-3-9(4-2)10-6-5-7-11-8-10/h5-8H,3-4H2,1-2H3. The Morgan fingerprint density at radius 3 is 2.55 bits per heavy atom. The third kappa shape index (κ3) is 2.04. The van der Waals surface area contributed by atoms with Crippen molar-refractivity contribution in [3.05, 3.63) is 36.0 Å². The molecule has 59 valence electrons. The molecule has 0 saturated carbocycles. The fourth-order valence-electron chi connectivity index (χ4n) is 1.23. The monoisotopic (exact) mass is 148 g/mol. The van der Waals surface area contributed by atoms with E-state index >= 15 is 0 Å². The molecule has 0 aromatic carbocycles. The average molecular weight is 148 g/mol. The van der Waals surface area contributed by atoms with Crippen molar-refractivity contribution in [1.82, 2.24) is 4.98 Å². The second-order valence-electron chi connectivity index (χ2n) is 2.55. The average Bonchev–Trinajstić information content (AvgIpc) is 2.09. The number of rotatable bonds is 3. The van der Waals surface area contributed by atoms with Crippen LogP contribution in [0.3, 0.4) is 0 Å². The fourth-order valence-corrected chi connectivity index (χ4v) is 1.23.